The van der Waals surface area contributed by atoms with Crippen molar-refractivity contribution in [1.29, 1.82) is 0 Å². The highest BCUT2D eigenvalue weighted by Crippen LogP contribution is 2.60. The summed E-state index contributed by atoms with van der Waals surface area (Å²) < 4.78 is 0. The number of hydrogen-bond donors (Lipinski definition) is 0. The number of rotatable bonds is 8. The summed E-state index contributed by atoms with van der Waals surface area (Å²) >= 11 is 0. The highest BCUT2D eigenvalue weighted by atomic mass is 15.2. The second kappa shape index (κ2) is 16.7. The van der Waals surface area contributed by atoms with Gasteiger partial charge in [0.25, 0.3) is 0 Å². The van der Waals surface area contributed by atoms with Crippen LogP contribution in [0.4, 0.5) is 34.1 Å². The zero-order chi connectivity index (χ0) is 47.8. The lowest BCUT2D eigenvalue weighted by atomic mass is 9.66. The number of fused-ring (bicyclic) bond motifs is 8. The standard InChI is InChI=1S/C70H48N2/c1-47-35-37-53(38-36-47)70(65-34-18-24-48-19-8-13-29-58(48)65)66-45-56(71(54-25-4-2-5-26-54)68-59-30-14-9-20-49(59)43-50-21-10-15-31-60(50)68)39-41-63(66)64-42-40-57(46-67(64)70)72(55-27-6-3-7-28-55)69-61-32-16-11-22-51(61)44-52-23-12-17-33-62(52)69/h2-46H,1H3. The van der Waals surface area contributed by atoms with Crippen LogP contribution in [0.1, 0.15) is 27.8 Å². The van der Waals surface area contributed by atoms with Crippen molar-refractivity contribution in [1.82, 2.24) is 0 Å². The average molecular weight is 917 g/mol. The Morgan fingerprint density at radius 1 is 0.264 bits per heavy atom. The van der Waals surface area contributed by atoms with Gasteiger partial charge in [-0.2, -0.15) is 0 Å². The van der Waals surface area contributed by atoms with Crippen LogP contribution in [0.15, 0.2) is 273 Å². The molecular formula is C70H48N2. The number of aryl methyl sites for hydroxylation is 1. The van der Waals surface area contributed by atoms with Crippen LogP contribution in [0.2, 0.25) is 0 Å². The van der Waals surface area contributed by atoms with Crippen molar-refractivity contribution in [3.05, 3.63) is 301 Å². The predicted molar refractivity (Wildman–Crippen MR) is 305 cm³/mol. The Hall–Kier alpha value is -9.24. The number of benzene rings is 13. The summed E-state index contributed by atoms with van der Waals surface area (Å²) in [5, 5.41) is 12.1. The second-order valence-corrected chi connectivity index (χ2v) is 19.3. The summed E-state index contributed by atoms with van der Waals surface area (Å²) in [7, 11) is 0. The molecule has 0 spiro atoms. The van der Waals surface area contributed by atoms with Crippen molar-refractivity contribution >= 4 is 88.0 Å². The Morgan fingerprint density at radius 2 is 0.639 bits per heavy atom. The minimum absolute atomic E-state index is 0.752. The SMILES string of the molecule is Cc1ccc(C2(c3cccc4ccccc34)c3cc(N(c4ccccc4)c4c5ccccc5cc5ccccc45)ccc3-c3ccc(N(c4ccccc4)c4c5ccccc5cc5ccccc45)cc32)cc1. The van der Waals surface area contributed by atoms with E-state index in [-0.39, 0.29) is 0 Å². The Morgan fingerprint density at radius 3 is 1.08 bits per heavy atom. The van der Waals surface area contributed by atoms with E-state index in [2.05, 4.69) is 290 Å². The van der Waals surface area contributed by atoms with Crippen LogP contribution in [0.3, 0.4) is 0 Å². The topological polar surface area (TPSA) is 6.48 Å². The van der Waals surface area contributed by atoms with Gasteiger partial charge in [-0.15, -0.1) is 0 Å². The van der Waals surface area contributed by atoms with E-state index < -0.39 is 5.41 Å². The maximum absolute atomic E-state index is 2.52. The fourth-order valence-electron chi connectivity index (χ4n) is 12.1. The first-order valence-electron chi connectivity index (χ1n) is 25.0. The van der Waals surface area contributed by atoms with E-state index in [9.17, 15) is 0 Å². The summed E-state index contributed by atoms with van der Waals surface area (Å²) in [4.78, 5) is 5.01. The first-order valence-corrected chi connectivity index (χ1v) is 25.0. The van der Waals surface area contributed by atoms with Crippen molar-refractivity contribution in [2.75, 3.05) is 9.80 Å². The summed E-state index contributed by atoms with van der Waals surface area (Å²) in [5.74, 6) is 0. The largest absolute Gasteiger partial charge is 0.309 e. The third-order valence-electron chi connectivity index (χ3n) is 15.3. The maximum atomic E-state index is 2.52. The lowest BCUT2D eigenvalue weighted by molar-refractivity contribution is 0.776. The molecule has 1 aliphatic carbocycles. The van der Waals surface area contributed by atoms with Crippen LogP contribution in [-0.4, -0.2) is 0 Å². The maximum Gasteiger partial charge on any atom is 0.0721 e. The Balaban J connectivity index is 1.11. The Kier molecular flexibility index (Phi) is 9.69. The highest BCUT2D eigenvalue weighted by molar-refractivity contribution is 6.16. The summed E-state index contributed by atoms with van der Waals surface area (Å²) in [6.07, 6.45) is 0. The third-order valence-corrected chi connectivity index (χ3v) is 15.3. The van der Waals surface area contributed by atoms with Crippen molar-refractivity contribution < 1.29 is 0 Å². The van der Waals surface area contributed by atoms with Gasteiger partial charge in [0.1, 0.15) is 0 Å². The summed E-state index contributed by atoms with van der Waals surface area (Å²) in [5.41, 5.74) is 14.6. The molecule has 2 heteroatoms. The van der Waals surface area contributed by atoms with Crippen LogP contribution in [-0.2, 0) is 5.41 Å². The molecule has 0 radical (unpaired) electrons. The fourth-order valence-corrected chi connectivity index (χ4v) is 12.1. The number of para-hydroxylation sites is 2. The summed E-state index contributed by atoms with van der Waals surface area (Å²) in [6.45, 7) is 2.19. The molecule has 0 aromatic heterocycles. The predicted octanol–water partition coefficient (Wildman–Crippen LogP) is 19.1. The van der Waals surface area contributed by atoms with Crippen LogP contribution in [0.5, 0.6) is 0 Å². The van der Waals surface area contributed by atoms with E-state index in [1.807, 2.05) is 0 Å². The molecule has 0 unspecified atom stereocenters. The first kappa shape index (κ1) is 41.7. The molecule has 2 nitrogen and oxygen atoms in total. The molecular weight excluding hydrogens is 869 g/mol. The molecule has 0 bridgehead atoms. The normalized spacial score (nSPS) is 12.6. The van der Waals surface area contributed by atoms with Crippen LogP contribution in [0.25, 0.3) is 65.0 Å². The average Bonchev–Trinajstić information content (AvgIpc) is 3.73. The molecule has 0 saturated carbocycles. The molecule has 0 heterocycles. The van der Waals surface area contributed by atoms with Gasteiger partial charge < -0.3 is 9.80 Å². The second-order valence-electron chi connectivity index (χ2n) is 19.3. The number of anilines is 6. The molecule has 72 heavy (non-hydrogen) atoms. The van der Waals surface area contributed by atoms with Gasteiger partial charge >= 0.3 is 0 Å². The molecule has 0 saturated heterocycles. The van der Waals surface area contributed by atoms with Crippen molar-refractivity contribution in [3.8, 4) is 11.1 Å². The Bertz CT molecular complexity index is 3910. The van der Waals surface area contributed by atoms with E-state index in [1.54, 1.807) is 0 Å². The first-order chi connectivity index (χ1) is 35.6. The van der Waals surface area contributed by atoms with E-state index in [1.165, 1.54) is 104 Å². The van der Waals surface area contributed by atoms with E-state index in [4.69, 9.17) is 0 Å². The zero-order valence-electron chi connectivity index (χ0n) is 39.9. The highest BCUT2D eigenvalue weighted by Gasteiger charge is 2.48. The van der Waals surface area contributed by atoms with Gasteiger partial charge in [0, 0.05) is 44.3 Å². The van der Waals surface area contributed by atoms with Crippen molar-refractivity contribution in [2.24, 2.45) is 0 Å². The molecule has 0 atom stereocenters. The van der Waals surface area contributed by atoms with Crippen LogP contribution < -0.4 is 9.80 Å². The lowest BCUT2D eigenvalue weighted by Crippen LogP contribution is -2.29. The van der Waals surface area contributed by atoms with E-state index >= 15 is 0 Å². The molecule has 338 valence electrons. The van der Waals surface area contributed by atoms with Gasteiger partial charge in [-0.3, -0.25) is 0 Å². The van der Waals surface area contributed by atoms with E-state index in [0.717, 1.165) is 22.7 Å². The van der Waals surface area contributed by atoms with Crippen molar-refractivity contribution in [3.63, 3.8) is 0 Å². The van der Waals surface area contributed by atoms with Gasteiger partial charge in [0.05, 0.1) is 16.8 Å². The monoisotopic (exact) mass is 916 g/mol. The lowest BCUT2D eigenvalue weighted by Gasteiger charge is -2.37. The molecule has 0 N–H and O–H groups in total. The third kappa shape index (κ3) is 6.43. The minimum atomic E-state index is -0.752. The summed E-state index contributed by atoms with van der Waals surface area (Å²) in [6, 6.07) is 102. The molecule has 13 aromatic rings. The zero-order valence-corrected chi connectivity index (χ0v) is 39.9. The quantitative estimate of drug-likeness (QED) is 0.140. The molecule has 0 amide bonds. The van der Waals surface area contributed by atoms with Gasteiger partial charge in [0.2, 0.25) is 0 Å². The fraction of sp³-hybridized carbons (Fsp3) is 0.0286. The minimum Gasteiger partial charge on any atom is -0.309 e. The molecule has 0 aliphatic heterocycles. The molecule has 0 fully saturated rings. The molecule has 13 aromatic carbocycles. The van der Waals surface area contributed by atoms with Gasteiger partial charge in [0.15, 0.2) is 0 Å². The Labute approximate surface area is 419 Å². The van der Waals surface area contributed by atoms with Gasteiger partial charge in [-0.1, -0.05) is 218 Å². The van der Waals surface area contributed by atoms with Gasteiger partial charge in [-0.25, -0.2) is 0 Å². The number of hydrogen-bond acceptors (Lipinski definition) is 2. The van der Waals surface area contributed by atoms with Crippen molar-refractivity contribution in [2.45, 2.75) is 12.3 Å². The van der Waals surface area contributed by atoms with Gasteiger partial charge in [-0.05, 0) is 133 Å². The molecule has 14 rings (SSSR count). The van der Waals surface area contributed by atoms with Crippen LogP contribution in [0, 0.1) is 6.92 Å². The smallest absolute Gasteiger partial charge is 0.0721 e. The van der Waals surface area contributed by atoms with Crippen LogP contribution >= 0.6 is 0 Å². The molecule has 1 aliphatic rings. The van der Waals surface area contributed by atoms with E-state index in [0.29, 0.717) is 0 Å². The number of nitrogens with zero attached hydrogens (tertiary/aromatic N) is 2.